The highest BCUT2D eigenvalue weighted by Crippen LogP contribution is 2.35. The quantitative estimate of drug-likeness (QED) is 0.104. The zero-order chi connectivity index (χ0) is 25.2. The summed E-state index contributed by atoms with van der Waals surface area (Å²) in [6, 6.07) is 9.97. The molecule has 0 aliphatic carbocycles. The number of aliphatic hydroxyl groups excluding tert-OH is 2. The number of phosphoric acid groups is 1. The van der Waals surface area contributed by atoms with E-state index < -0.39 is 7.82 Å². The molecule has 13 heteroatoms. The van der Waals surface area contributed by atoms with E-state index in [0.29, 0.717) is 72.6 Å². The molecule has 5 N–H and O–H groups in total. The maximum atomic E-state index is 10.4. The molecule has 0 amide bonds. The molecule has 0 aromatic heterocycles. The number of nitrogens with one attached hydrogen (secondary N) is 1. The lowest BCUT2D eigenvalue weighted by atomic mass is 10.2. The lowest BCUT2D eigenvalue weighted by Gasteiger charge is -2.08. The van der Waals surface area contributed by atoms with Crippen molar-refractivity contribution in [3.8, 4) is 0 Å². The highest BCUT2D eigenvalue weighted by molar-refractivity contribution is 7.46. The van der Waals surface area contributed by atoms with E-state index >= 15 is 0 Å². The Labute approximate surface area is 201 Å². The Morgan fingerprint density at radius 1 is 0.647 bits per heavy atom. The standard InChI is InChI=1S/C17H29O9P.C4H11NO2/c18-27(19,20)26-15-14-24-11-10-22-7-6-21-8-9-23-12-13-25-16-17-4-2-1-3-5-17;6-3-1-5-2-4-7/h1-5H,6-16H2,(H2,18,19,20);5-7H,1-4H2. The van der Waals surface area contributed by atoms with E-state index in [4.69, 9.17) is 43.7 Å². The van der Waals surface area contributed by atoms with Crippen molar-refractivity contribution in [2.24, 2.45) is 0 Å². The molecule has 0 spiro atoms. The van der Waals surface area contributed by atoms with E-state index in [1.165, 1.54) is 0 Å². The van der Waals surface area contributed by atoms with Crippen molar-refractivity contribution in [1.82, 2.24) is 5.32 Å². The normalized spacial score (nSPS) is 11.3. The van der Waals surface area contributed by atoms with Gasteiger partial charge in [0.05, 0.1) is 85.9 Å². The SMILES string of the molecule is O=P(O)(O)OCCOCCOCCOCCOCCOCc1ccccc1.OCCNCCO. The Morgan fingerprint density at radius 3 is 1.47 bits per heavy atom. The molecule has 0 atom stereocenters. The minimum absolute atomic E-state index is 0.0946. The molecule has 34 heavy (non-hydrogen) atoms. The van der Waals surface area contributed by atoms with Crippen LogP contribution in [0.25, 0.3) is 0 Å². The summed E-state index contributed by atoms with van der Waals surface area (Å²) in [4.78, 5) is 16.9. The maximum absolute atomic E-state index is 10.4. The van der Waals surface area contributed by atoms with Crippen LogP contribution in [0.2, 0.25) is 0 Å². The van der Waals surface area contributed by atoms with Gasteiger partial charge in [-0.3, -0.25) is 4.52 Å². The molecule has 0 heterocycles. The fourth-order valence-electron chi connectivity index (χ4n) is 2.14. The van der Waals surface area contributed by atoms with E-state index in [2.05, 4.69) is 9.84 Å². The zero-order valence-electron chi connectivity index (χ0n) is 19.6. The average Bonchev–Trinajstić information content (AvgIpc) is 2.82. The Hall–Kier alpha value is -0.990. The van der Waals surface area contributed by atoms with Crippen LogP contribution in [0.5, 0.6) is 0 Å². The lowest BCUT2D eigenvalue weighted by molar-refractivity contribution is -0.0145. The van der Waals surface area contributed by atoms with Gasteiger partial charge in [0, 0.05) is 13.1 Å². The van der Waals surface area contributed by atoms with Gasteiger partial charge in [0.15, 0.2) is 0 Å². The van der Waals surface area contributed by atoms with Crippen LogP contribution in [-0.2, 0) is 39.4 Å². The third kappa shape index (κ3) is 27.3. The predicted molar refractivity (Wildman–Crippen MR) is 124 cm³/mol. The highest BCUT2D eigenvalue weighted by Gasteiger charge is 2.12. The highest BCUT2D eigenvalue weighted by atomic mass is 31.2. The summed E-state index contributed by atoms with van der Waals surface area (Å²) in [6.45, 7) is 5.55. The van der Waals surface area contributed by atoms with Crippen LogP contribution in [-0.4, -0.2) is 112 Å². The van der Waals surface area contributed by atoms with E-state index in [0.717, 1.165) is 5.56 Å². The molecule has 1 aromatic rings. The van der Waals surface area contributed by atoms with Crippen LogP contribution in [0.15, 0.2) is 30.3 Å². The summed E-state index contributed by atoms with van der Waals surface area (Å²) in [5, 5.41) is 19.1. The van der Waals surface area contributed by atoms with Gasteiger partial charge >= 0.3 is 7.82 Å². The molecule has 0 aliphatic heterocycles. The van der Waals surface area contributed by atoms with Gasteiger partial charge in [-0.05, 0) is 5.56 Å². The van der Waals surface area contributed by atoms with Gasteiger partial charge < -0.3 is 49.0 Å². The van der Waals surface area contributed by atoms with Crippen LogP contribution in [0.3, 0.4) is 0 Å². The monoisotopic (exact) mass is 513 g/mol. The summed E-state index contributed by atoms with van der Waals surface area (Å²) in [6.07, 6.45) is 0. The molecule has 1 rings (SSSR count). The first-order valence-corrected chi connectivity index (χ1v) is 12.6. The predicted octanol–water partition coefficient (Wildman–Crippen LogP) is -0.0605. The smallest absolute Gasteiger partial charge is 0.395 e. The van der Waals surface area contributed by atoms with Crippen LogP contribution in [0.4, 0.5) is 0 Å². The van der Waals surface area contributed by atoms with Crippen molar-refractivity contribution in [2.75, 3.05) is 92.4 Å². The van der Waals surface area contributed by atoms with Crippen molar-refractivity contribution < 1.29 is 52.8 Å². The molecule has 200 valence electrons. The molecular weight excluding hydrogens is 473 g/mol. The second-order valence-corrected chi connectivity index (χ2v) is 7.75. The number of aliphatic hydroxyl groups is 2. The van der Waals surface area contributed by atoms with Crippen LogP contribution >= 0.6 is 7.82 Å². The molecule has 0 fully saturated rings. The Balaban J connectivity index is 0.00000135. The van der Waals surface area contributed by atoms with Gasteiger partial charge in [-0.15, -0.1) is 0 Å². The summed E-state index contributed by atoms with van der Waals surface area (Å²) >= 11 is 0. The number of hydrogen-bond acceptors (Lipinski definition) is 10. The van der Waals surface area contributed by atoms with E-state index in [1.54, 1.807) is 0 Å². The van der Waals surface area contributed by atoms with Crippen LogP contribution < -0.4 is 5.32 Å². The fourth-order valence-corrected chi connectivity index (χ4v) is 2.45. The first kappa shape index (κ1) is 33.0. The summed E-state index contributed by atoms with van der Waals surface area (Å²) in [5.74, 6) is 0. The van der Waals surface area contributed by atoms with E-state index in [9.17, 15) is 4.57 Å². The third-order valence-corrected chi connectivity index (χ3v) is 4.18. The van der Waals surface area contributed by atoms with E-state index in [-0.39, 0.29) is 26.4 Å². The van der Waals surface area contributed by atoms with Gasteiger partial charge in [-0.1, -0.05) is 30.3 Å². The first-order valence-electron chi connectivity index (χ1n) is 11.0. The minimum Gasteiger partial charge on any atom is -0.395 e. The first-order chi connectivity index (χ1) is 16.5. The molecule has 0 aliphatic rings. The number of benzene rings is 1. The number of ether oxygens (including phenoxy) is 5. The Bertz CT molecular complexity index is 573. The minimum atomic E-state index is -4.41. The summed E-state index contributed by atoms with van der Waals surface area (Å²) in [5.41, 5.74) is 1.14. The number of phosphoric ester groups is 1. The van der Waals surface area contributed by atoms with Gasteiger partial charge in [-0.2, -0.15) is 0 Å². The van der Waals surface area contributed by atoms with Crippen molar-refractivity contribution in [3.05, 3.63) is 35.9 Å². The average molecular weight is 514 g/mol. The molecule has 0 saturated carbocycles. The summed E-state index contributed by atoms with van der Waals surface area (Å²) in [7, 11) is -4.41. The van der Waals surface area contributed by atoms with Crippen LogP contribution in [0, 0.1) is 0 Å². The maximum Gasteiger partial charge on any atom is 0.469 e. The zero-order valence-corrected chi connectivity index (χ0v) is 20.5. The fraction of sp³-hybridized carbons (Fsp3) is 0.714. The molecule has 1 aromatic carbocycles. The van der Waals surface area contributed by atoms with E-state index in [1.807, 2.05) is 30.3 Å². The second-order valence-electron chi connectivity index (χ2n) is 6.51. The van der Waals surface area contributed by atoms with Gasteiger partial charge in [0.2, 0.25) is 0 Å². The van der Waals surface area contributed by atoms with Gasteiger partial charge in [-0.25, -0.2) is 4.57 Å². The number of rotatable bonds is 22. The molecule has 0 bridgehead atoms. The Kier molecular flexibility index (Phi) is 24.4. The van der Waals surface area contributed by atoms with Gasteiger partial charge in [0.25, 0.3) is 0 Å². The molecule has 0 radical (unpaired) electrons. The molecular formula is C21H40NO11P. The van der Waals surface area contributed by atoms with Crippen molar-refractivity contribution in [3.63, 3.8) is 0 Å². The largest absolute Gasteiger partial charge is 0.469 e. The molecule has 0 saturated heterocycles. The lowest BCUT2D eigenvalue weighted by Crippen LogP contribution is -2.21. The van der Waals surface area contributed by atoms with Gasteiger partial charge in [0.1, 0.15) is 0 Å². The molecule has 0 unspecified atom stereocenters. The topological polar surface area (TPSA) is 165 Å². The third-order valence-electron chi connectivity index (χ3n) is 3.66. The Morgan fingerprint density at radius 2 is 1.06 bits per heavy atom. The van der Waals surface area contributed by atoms with Crippen molar-refractivity contribution in [1.29, 1.82) is 0 Å². The van der Waals surface area contributed by atoms with Crippen molar-refractivity contribution in [2.45, 2.75) is 6.61 Å². The van der Waals surface area contributed by atoms with Crippen LogP contribution in [0.1, 0.15) is 5.56 Å². The second kappa shape index (κ2) is 25.1. The number of hydrogen-bond donors (Lipinski definition) is 5. The van der Waals surface area contributed by atoms with Crippen molar-refractivity contribution >= 4 is 7.82 Å². The summed E-state index contributed by atoms with van der Waals surface area (Å²) < 4.78 is 41.2. The molecule has 12 nitrogen and oxygen atoms in total.